The van der Waals surface area contributed by atoms with Crippen molar-refractivity contribution in [2.24, 2.45) is 0 Å². The van der Waals surface area contributed by atoms with E-state index >= 15 is 0 Å². The molecule has 0 unspecified atom stereocenters. The van der Waals surface area contributed by atoms with Crippen molar-refractivity contribution in [2.45, 2.75) is 0 Å². The minimum atomic E-state index is -0.146. The van der Waals surface area contributed by atoms with Crippen molar-refractivity contribution in [3.63, 3.8) is 0 Å². The molecule has 0 atom stereocenters. The number of aromatic hydroxyl groups is 1. The first-order chi connectivity index (χ1) is 13.6. The molecule has 1 aliphatic heterocycles. The molecule has 0 aromatic heterocycles. The normalized spacial score (nSPS) is 15.3. The topological polar surface area (TPSA) is 52.6 Å². The lowest BCUT2D eigenvalue weighted by atomic mass is 10.2. The molecule has 0 bridgehead atoms. The Hall–Kier alpha value is -3.09. The number of thioether (sulfide) groups is 1. The lowest BCUT2D eigenvalue weighted by molar-refractivity contribution is -0.113. The Bertz CT molecular complexity index is 1050. The summed E-state index contributed by atoms with van der Waals surface area (Å²) >= 11 is 6.70. The highest BCUT2D eigenvalue weighted by Crippen LogP contribution is 2.36. The highest BCUT2D eigenvalue weighted by Gasteiger charge is 2.33. The standard InChI is InChI=1S/C22H16N2O2S2/c25-19-12-6-15(7-13-19)14-20-21(26)24(22(27)28-20)18-10-8-17(9-11-18)23-16-4-2-1-3-5-16/h1-14,23,25H/b20-14-. The van der Waals surface area contributed by atoms with Crippen LogP contribution in [0.1, 0.15) is 5.56 Å². The first-order valence-corrected chi connectivity index (χ1v) is 9.82. The predicted molar refractivity (Wildman–Crippen MR) is 120 cm³/mol. The summed E-state index contributed by atoms with van der Waals surface area (Å²) in [5.41, 5.74) is 3.49. The van der Waals surface area contributed by atoms with Gasteiger partial charge in [0.05, 0.1) is 10.6 Å². The van der Waals surface area contributed by atoms with Crippen LogP contribution in [0, 0.1) is 0 Å². The summed E-state index contributed by atoms with van der Waals surface area (Å²) in [5, 5.41) is 12.7. The highest BCUT2D eigenvalue weighted by molar-refractivity contribution is 8.27. The zero-order chi connectivity index (χ0) is 19.5. The van der Waals surface area contributed by atoms with Gasteiger partial charge in [0.15, 0.2) is 4.32 Å². The molecule has 1 saturated heterocycles. The number of carbonyl (C=O) groups excluding carboxylic acids is 1. The van der Waals surface area contributed by atoms with Crippen molar-refractivity contribution >= 4 is 57.3 Å². The number of rotatable bonds is 4. The number of para-hydroxylation sites is 1. The number of nitrogens with zero attached hydrogens (tertiary/aromatic N) is 1. The molecule has 3 aromatic carbocycles. The van der Waals surface area contributed by atoms with E-state index in [0.717, 1.165) is 22.6 Å². The summed E-state index contributed by atoms with van der Waals surface area (Å²) in [6.45, 7) is 0. The number of anilines is 3. The van der Waals surface area contributed by atoms with Crippen LogP contribution in [0.15, 0.2) is 83.8 Å². The van der Waals surface area contributed by atoms with Gasteiger partial charge >= 0.3 is 0 Å². The maximum Gasteiger partial charge on any atom is 0.270 e. The average molecular weight is 405 g/mol. The van der Waals surface area contributed by atoms with E-state index in [9.17, 15) is 9.90 Å². The number of thiocarbonyl (C=S) groups is 1. The molecule has 0 spiro atoms. The third kappa shape index (κ3) is 3.93. The van der Waals surface area contributed by atoms with Crippen LogP contribution in [0.3, 0.4) is 0 Å². The molecule has 0 radical (unpaired) electrons. The summed E-state index contributed by atoms with van der Waals surface area (Å²) in [6, 6.07) is 24.2. The Morgan fingerprint density at radius 1 is 0.893 bits per heavy atom. The number of carbonyl (C=O) groups is 1. The second-order valence-corrected chi connectivity index (χ2v) is 7.82. The lowest BCUT2D eigenvalue weighted by Gasteiger charge is -2.15. The van der Waals surface area contributed by atoms with Crippen molar-refractivity contribution in [3.8, 4) is 5.75 Å². The largest absolute Gasteiger partial charge is 0.508 e. The van der Waals surface area contributed by atoms with Crippen LogP contribution in [0.4, 0.5) is 17.1 Å². The molecule has 4 nitrogen and oxygen atoms in total. The van der Waals surface area contributed by atoms with Crippen molar-refractivity contribution in [2.75, 3.05) is 10.2 Å². The van der Waals surface area contributed by atoms with E-state index in [1.165, 1.54) is 11.8 Å². The van der Waals surface area contributed by atoms with E-state index < -0.39 is 0 Å². The monoisotopic (exact) mass is 404 g/mol. The van der Waals surface area contributed by atoms with Crippen LogP contribution in [0.25, 0.3) is 6.08 Å². The quantitative estimate of drug-likeness (QED) is 0.442. The molecule has 138 valence electrons. The van der Waals surface area contributed by atoms with Crippen LogP contribution >= 0.6 is 24.0 Å². The van der Waals surface area contributed by atoms with Gasteiger partial charge in [-0.25, -0.2) is 0 Å². The predicted octanol–water partition coefficient (Wildman–Crippen LogP) is 5.54. The van der Waals surface area contributed by atoms with Crippen molar-refractivity contribution in [3.05, 3.63) is 89.3 Å². The van der Waals surface area contributed by atoms with Crippen LogP contribution < -0.4 is 10.2 Å². The van der Waals surface area contributed by atoms with Crippen LogP contribution in [0.2, 0.25) is 0 Å². The lowest BCUT2D eigenvalue weighted by Crippen LogP contribution is -2.27. The fraction of sp³-hybridized carbons (Fsp3) is 0. The summed E-state index contributed by atoms with van der Waals surface area (Å²) in [7, 11) is 0. The zero-order valence-electron chi connectivity index (χ0n) is 14.7. The zero-order valence-corrected chi connectivity index (χ0v) is 16.3. The minimum absolute atomic E-state index is 0.146. The van der Waals surface area contributed by atoms with Gasteiger partial charge in [0.1, 0.15) is 5.75 Å². The first-order valence-electron chi connectivity index (χ1n) is 8.59. The Morgan fingerprint density at radius 3 is 2.21 bits per heavy atom. The molecule has 6 heteroatoms. The van der Waals surface area contributed by atoms with Crippen molar-refractivity contribution < 1.29 is 9.90 Å². The molecule has 28 heavy (non-hydrogen) atoms. The summed E-state index contributed by atoms with van der Waals surface area (Å²) in [5.74, 6) is 0.0424. The molecule has 1 heterocycles. The molecular formula is C22H16N2O2S2. The number of phenolic OH excluding ortho intramolecular Hbond substituents is 1. The van der Waals surface area contributed by atoms with Crippen molar-refractivity contribution in [1.29, 1.82) is 0 Å². The molecule has 3 aromatic rings. The summed E-state index contributed by atoms with van der Waals surface area (Å²) < 4.78 is 0.499. The Labute approximate surface area is 172 Å². The molecule has 1 amide bonds. The van der Waals surface area contributed by atoms with Gasteiger partial charge in [-0.15, -0.1) is 0 Å². The number of benzene rings is 3. The Kier molecular flexibility index (Phi) is 5.14. The molecule has 2 N–H and O–H groups in total. The van der Waals surface area contributed by atoms with Gasteiger partial charge in [-0.05, 0) is 60.2 Å². The molecular weight excluding hydrogens is 388 g/mol. The van der Waals surface area contributed by atoms with Crippen LogP contribution in [-0.2, 0) is 4.79 Å². The van der Waals surface area contributed by atoms with Gasteiger partial charge in [0.2, 0.25) is 0 Å². The molecule has 0 saturated carbocycles. The number of phenols is 1. The van der Waals surface area contributed by atoms with E-state index in [2.05, 4.69) is 5.32 Å². The Balaban J connectivity index is 1.53. The third-order valence-electron chi connectivity index (χ3n) is 4.17. The summed E-state index contributed by atoms with van der Waals surface area (Å²) in [4.78, 5) is 14.9. The van der Waals surface area contributed by atoms with E-state index in [0.29, 0.717) is 9.23 Å². The number of amides is 1. The fourth-order valence-electron chi connectivity index (χ4n) is 2.79. The van der Waals surface area contributed by atoms with Gasteiger partial charge in [-0.1, -0.05) is 54.3 Å². The molecule has 1 fully saturated rings. The van der Waals surface area contributed by atoms with Gasteiger partial charge in [0, 0.05) is 11.4 Å². The SMILES string of the molecule is O=C1/C(=C/c2ccc(O)cc2)SC(=S)N1c1ccc(Nc2ccccc2)cc1. The molecule has 0 aliphatic carbocycles. The van der Waals surface area contributed by atoms with E-state index in [4.69, 9.17) is 12.2 Å². The fourth-order valence-corrected chi connectivity index (χ4v) is 4.09. The van der Waals surface area contributed by atoms with Gasteiger partial charge in [-0.2, -0.15) is 0 Å². The van der Waals surface area contributed by atoms with Crippen LogP contribution in [-0.4, -0.2) is 15.3 Å². The third-order valence-corrected chi connectivity index (χ3v) is 5.47. The summed E-state index contributed by atoms with van der Waals surface area (Å²) in [6.07, 6.45) is 1.78. The smallest absolute Gasteiger partial charge is 0.270 e. The van der Waals surface area contributed by atoms with E-state index in [-0.39, 0.29) is 11.7 Å². The Morgan fingerprint density at radius 2 is 1.54 bits per heavy atom. The van der Waals surface area contributed by atoms with Crippen LogP contribution in [0.5, 0.6) is 5.75 Å². The second kappa shape index (κ2) is 7.88. The van der Waals surface area contributed by atoms with Gasteiger partial charge in [-0.3, -0.25) is 9.69 Å². The first kappa shape index (κ1) is 18.3. The van der Waals surface area contributed by atoms with Crippen molar-refractivity contribution in [1.82, 2.24) is 0 Å². The second-order valence-electron chi connectivity index (χ2n) is 6.15. The minimum Gasteiger partial charge on any atom is -0.508 e. The van der Waals surface area contributed by atoms with Gasteiger partial charge < -0.3 is 10.4 Å². The van der Waals surface area contributed by atoms with E-state index in [1.807, 2.05) is 54.6 Å². The highest BCUT2D eigenvalue weighted by atomic mass is 32.2. The van der Waals surface area contributed by atoms with Gasteiger partial charge in [0.25, 0.3) is 5.91 Å². The number of hydrogen-bond acceptors (Lipinski definition) is 5. The maximum atomic E-state index is 12.8. The average Bonchev–Trinajstić information content (AvgIpc) is 2.98. The van der Waals surface area contributed by atoms with E-state index in [1.54, 1.807) is 35.2 Å². The number of hydrogen-bond donors (Lipinski definition) is 2. The molecule has 1 aliphatic rings. The maximum absolute atomic E-state index is 12.8. The molecule has 4 rings (SSSR count). The number of nitrogens with one attached hydrogen (secondary N) is 1.